The fourth-order valence-electron chi connectivity index (χ4n) is 10.5. The van der Waals surface area contributed by atoms with Gasteiger partial charge in [0.05, 0.1) is 30.2 Å². The van der Waals surface area contributed by atoms with Crippen LogP contribution in [0.1, 0.15) is 98.8 Å². The van der Waals surface area contributed by atoms with Crippen LogP contribution in [0.2, 0.25) is 0 Å². The number of hydrogen-bond donors (Lipinski definition) is 4. The van der Waals surface area contributed by atoms with Crippen molar-refractivity contribution in [3.63, 3.8) is 0 Å². The minimum absolute atomic E-state index is 0.00482. The van der Waals surface area contributed by atoms with Gasteiger partial charge in [0.2, 0.25) is 5.91 Å². The number of aryl methyl sites for hydroxylation is 1. The number of hydrogen-bond acceptors (Lipinski definition) is 10. The van der Waals surface area contributed by atoms with Crippen molar-refractivity contribution in [2.45, 2.75) is 104 Å². The second-order valence-corrected chi connectivity index (χ2v) is 19.3. The van der Waals surface area contributed by atoms with E-state index in [9.17, 15) is 24.3 Å². The van der Waals surface area contributed by atoms with Crippen molar-refractivity contribution >= 4 is 40.3 Å². The normalized spacial score (nSPS) is 20.9. The second-order valence-electron chi connectivity index (χ2n) is 19.3. The van der Waals surface area contributed by atoms with Crippen LogP contribution >= 0.6 is 0 Å². The summed E-state index contributed by atoms with van der Waals surface area (Å²) in [4.78, 5) is 62.8. The molecule has 1 unspecified atom stereocenters. The lowest BCUT2D eigenvalue weighted by Gasteiger charge is -2.35. The van der Waals surface area contributed by atoms with E-state index in [1.54, 1.807) is 38.6 Å². The molecule has 0 aliphatic carbocycles. The van der Waals surface area contributed by atoms with Gasteiger partial charge in [0.15, 0.2) is 0 Å². The van der Waals surface area contributed by atoms with Crippen molar-refractivity contribution < 1.29 is 33.8 Å². The van der Waals surface area contributed by atoms with E-state index in [4.69, 9.17) is 9.47 Å². The summed E-state index contributed by atoms with van der Waals surface area (Å²) in [6.45, 7) is 13.2. The van der Waals surface area contributed by atoms with Gasteiger partial charge in [0.25, 0.3) is 11.8 Å². The first-order valence-electron chi connectivity index (χ1n) is 23.8. The van der Waals surface area contributed by atoms with Crippen molar-refractivity contribution in [2.75, 3.05) is 45.7 Å². The summed E-state index contributed by atoms with van der Waals surface area (Å²) >= 11 is 0. The number of aromatic nitrogens is 2. The molecule has 3 amide bonds. The summed E-state index contributed by atoms with van der Waals surface area (Å²) in [6.07, 6.45) is 6.56. The molecule has 0 radical (unpaired) electrons. The topological polar surface area (TPSA) is 167 Å². The van der Waals surface area contributed by atoms with Gasteiger partial charge >= 0.3 is 5.97 Å². The molecule has 354 valence electrons. The summed E-state index contributed by atoms with van der Waals surface area (Å²) < 4.78 is 14.1. The quantitative estimate of drug-likeness (QED) is 0.103. The average Bonchev–Trinajstić information content (AvgIpc) is 3.86. The molecule has 3 aromatic carbocycles. The van der Waals surface area contributed by atoms with Crippen molar-refractivity contribution in [1.82, 2.24) is 30.2 Å². The number of amides is 3. The molecule has 2 fully saturated rings. The Labute approximate surface area is 393 Å². The van der Waals surface area contributed by atoms with Crippen LogP contribution in [-0.4, -0.2) is 101 Å². The molecule has 4 N–H and O–H groups in total. The van der Waals surface area contributed by atoms with E-state index in [1.807, 2.05) is 48.4 Å². The number of hydrazine groups is 1. The highest BCUT2D eigenvalue weighted by atomic mass is 16.5. The van der Waals surface area contributed by atoms with Gasteiger partial charge < -0.3 is 34.7 Å². The van der Waals surface area contributed by atoms with Crippen molar-refractivity contribution in [3.05, 3.63) is 101 Å². The minimum atomic E-state index is -1.10. The Balaban J connectivity index is 1.21. The van der Waals surface area contributed by atoms with E-state index in [0.717, 1.165) is 56.4 Å². The number of rotatable bonds is 10. The van der Waals surface area contributed by atoms with Crippen LogP contribution in [0.15, 0.2) is 73.1 Å². The summed E-state index contributed by atoms with van der Waals surface area (Å²) in [5.41, 5.74) is 11.9. The van der Waals surface area contributed by atoms with Crippen LogP contribution in [-0.2, 0) is 49.9 Å². The van der Waals surface area contributed by atoms with Crippen molar-refractivity contribution in [1.29, 1.82) is 0 Å². The van der Waals surface area contributed by atoms with Crippen molar-refractivity contribution in [2.24, 2.45) is 11.3 Å². The van der Waals surface area contributed by atoms with Gasteiger partial charge in [-0.1, -0.05) is 52.0 Å². The first-order chi connectivity index (χ1) is 32.2. The largest absolute Gasteiger partial charge is 0.508 e. The summed E-state index contributed by atoms with van der Waals surface area (Å²) in [7, 11) is 3.46. The predicted octanol–water partition coefficient (Wildman–Crippen LogP) is 7.61. The molecule has 5 aromatic rings. The van der Waals surface area contributed by atoms with Gasteiger partial charge in [-0.05, 0) is 108 Å². The Morgan fingerprint density at radius 3 is 2.63 bits per heavy atom. The maximum Gasteiger partial charge on any atom is 0.324 e. The summed E-state index contributed by atoms with van der Waals surface area (Å²) in [5, 5.41) is 20.2. The lowest BCUT2D eigenvalue weighted by molar-refractivity contribution is -0.155. The van der Waals surface area contributed by atoms with Crippen molar-refractivity contribution in [3.8, 4) is 28.1 Å². The molecular formula is C53H65N7O7. The Hall–Kier alpha value is -6.25. The highest BCUT2D eigenvalue weighted by Crippen LogP contribution is 2.42. The Bertz CT molecular complexity index is 2680. The van der Waals surface area contributed by atoms with E-state index in [0.29, 0.717) is 75.3 Å². The smallest absolute Gasteiger partial charge is 0.324 e. The number of cyclic esters (lactones) is 1. The fourth-order valence-corrected chi connectivity index (χ4v) is 10.5. The van der Waals surface area contributed by atoms with Gasteiger partial charge in [-0.3, -0.25) is 29.2 Å². The number of aromatic hydroxyl groups is 1. The molecule has 14 nitrogen and oxygen atoms in total. The number of likely N-dealkylation sites (tertiary alicyclic amines) is 1. The number of phenols is 1. The number of benzene rings is 3. The van der Waals surface area contributed by atoms with Gasteiger partial charge in [0, 0.05) is 93.4 Å². The number of nitrogens with zero attached hydrogens (tertiary/aromatic N) is 4. The van der Waals surface area contributed by atoms with Crippen LogP contribution in [0, 0.1) is 11.3 Å². The van der Waals surface area contributed by atoms with Crippen LogP contribution in [0.3, 0.4) is 0 Å². The number of ether oxygens (including phenoxy) is 2. The first kappa shape index (κ1) is 47.3. The third-order valence-corrected chi connectivity index (χ3v) is 13.7. The van der Waals surface area contributed by atoms with Crippen LogP contribution < -0.4 is 16.1 Å². The standard InChI is InChI=1S/C53H65N7O7/c1-8-12-47(62)58-28-32(3)43(29-58)38-13-10-14-39(48(38)54-6)50(63)56-45-23-33-21-36(24-37(61)22-33)34-16-17-46-40(25-34)41(49(59(46)9-2)42-27-55-19-18-35(42)30-66-7)26-53(4,5)31-67-52(65)44-15-11-20-60(57-44)51(45)64/h10,13-14,16-19,21-22,24-25,27,32,43-45,54,57,61H,8-9,11-12,15,20,23,26,28-31H2,1-7H3,(H,56,63)/t32-,43?,44+,45+/m1/s1. The van der Waals surface area contributed by atoms with Gasteiger partial charge in [-0.2, -0.15) is 0 Å². The number of nitrogens with one attached hydrogen (secondary N) is 3. The zero-order valence-corrected chi connectivity index (χ0v) is 39.9. The molecule has 2 aromatic heterocycles. The Kier molecular flexibility index (Phi) is 14.0. The first-order valence-corrected chi connectivity index (χ1v) is 23.8. The summed E-state index contributed by atoms with van der Waals surface area (Å²) in [6, 6.07) is 17.3. The SMILES string of the molecule is CCCC(=O)N1CC(c2cccc(C(=O)N[C@H]3Cc4cc(O)cc(c4)-c4ccc5c(c4)c(c(-c4cnccc4COC)n5CC)CC(C)(C)COC(=O)[C@@H]4CCCN(N4)C3=O)c2NC)[C@H](C)C1. The lowest BCUT2D eigenvalue weighted by Crippen LogP contribution is -2.60. The highest BCUT2D eigenvalue weighted by Gasteiger charge is 2.38. The number of carbonyl (C=O) groups is 4. The van der Waals surface area contributed by atoms with Gasteiger partial charge in [0.1, 0.15) is 17.8 Å². The average molecular weight is 912 g/mol. The van der Waals surface area contributed by atoms with E-state index in [-0.39, 0.29) is 36.5 Å². The van der Waals surface area contributed by atoms with Crippen LogP contribution in [0.4, 0.5) is 5.69 Å². The zero-order chi connectivity index (χ0) is 47.6. The molecule has 14 heteroatoms. The number of phenolic OH excluding ortho intramolecular Hbond substituents is 1. The summed E-state index contributed by atoms with van der Waals surface area (Å²) in [5.74, 6) is -1.00. The number of methoxy groups -OCH3 is 1. The fraction of sp³-hybridized carbons (Fsp3) is 0.453. The van der Waals surface area contributed by atoms with Gasteiger partial charge in [-0.15, -0.1) is 0 Å². The molecule has 5 heterocycles. The molecule has 3 aliphatic heterocycles. The number of esters is 1. The predicted molar refractivity (Wildman–Crippen MR) is 259 cm³/mol. The van der Waals surface area contributed by atoms with Crippen LogP contribution in [0.25, 0.3) is 33.3 Å². The third-order valence-electron chi connectivity index (χ3n) is 13.7. The highest BCUT2D eigenvalue weighted by molar-refractivity contribution is 6.03. The number of pyridine rings is 1. The molecule has 4 atom stereocenters. The second kappa shape index (κ2) is 19.9. The molecule has 8 rings (SSSR count). The van der Waals surface area contributed by atoms with E-state index >= 15 is 0 Å². The molecule has 0 spiro atoms. The Morgan fingerprint density at radius 1 is 1.04 bits per heavy atom. The number of carbonyl (C=O) groups excluding carboxylic acids is 4. The van der Waals surface area contributed by atoms with Crippen LogP contribution in [0.5, 0.6) is 5.75 Å². The van der Waals surface area contributed by atoms with E-state index in [1.165, 1.54) is 5.01 Å². The number of para-hydroxylation sites is 1. The zero-order valence-electron chi connectivity index (χ0n) is 39.9. The monoisotopic (exact) mass is 911 g/mol. The maximum atomic E-state index is 14.8. The molecule has 2 saturated heterocycles. The third kappa shape index (κ3) is 9.78. The number of anilines is 1. The number of fused-ring (bicyclic) bond motifs is 6. The molecule has 0 saturated carbocycles. The van der Waals surface area contributed by atoms with E-state index in [2.05, 4.69) is 65.4 Å². The minimum Gasteiger partial charge on any atom is -0.508 e. The lowest BCUT2D eigenvalue weighted by atomic mass is 9.84. The maximum absolute atomic E-state index is 14.8. The molecule has 67 heavy (non-hydrogen) atoms. The molecule has 3 aliphatic rings. The molecular weight excluding hydrogens is 847 g/mol. The van der Waals surface area contributed by atoms with Gasteiger partial charge in [-0.25, -0.2) is 5.43 Å². The Morgan fingerprint density at radius 2 is 1.87 bits per heavy atom. The van der Waals surface area contributed by atoms with E-state index < -0.39 is 35.3 Å². The molecule has 6 bridgehead atoms.